The summed E-state index contributed by atoms with van der Waals surface area (Å²) in [7, 11) is 0. The normalized spacial score (nSPS) is 18.5. The van der Waals surface area contributed by atoms with Crippen LogP contribution in [-0.2, 0) is 23.4 Å². The Bertz CT molecular complexity index is 406. The van der Waals surface area contributed by atoms with Crippen LogP contribution in [0.1, 0.15) is 64.2 Å². The van der Waals surface area contributed by atoms with Gasteiger partial charge in [-0.3, -0.25) is 14.7 Å². The molecule has 2 saturated heterocycles. The molecule has 3 N–H and O–H groups in total. The fraction of sp³-hybridized carbons (Fsp3) is 0.842. The van der Waals surface area contributed by atoms with E-state index >= 15 is 0 Å². The van der Waals surface area contributed by atoms with Gasteiger partial charge >= 0.3 is 51.4 Å². The monoisotopic (exact) mass is 570 g/mol. The first-order chi connectivity index (χ1) is 12.3. The second-order valence-electron chi connectivity index (χ2n) is 6.78. The number of amides is 1. The van der Waals surface area contributed by atoms with Crippen LogP contribution in [0.5, 0.6) is 0 Å². The summed E-state index contributed by atoms with van der Waals surface area (Å²) >= 11 is 1.90. The van der Waals surface area contributed by atoms with E-state index in [0.29, 0.717) is 12.5 Å². The summed E-state index contributed by atoms with van der Waals surface area (Å²) < 4.78 is 0. The van der Waals surface area contributed by atoms with Crippen molar-refractivity contribution >= 4 is 34.3 Å². The topological polar surface area (TPSA) is 91.9 Å². The Kier molecular flexibility index (Phi) is 28.9. The van der Waals surface area contributed by atoms with Crippen LogP contribution in [0.4, 0.5) is 0 Å². The van der Waals surface area contributed by atoms with E-state index in [4.69, 9.17) is 5.73 Å². The molecule has 1 amide bonds. The number of fused-ring (bicyclic) bond motifs is 1. The molecule has 3 heterocycles. The Morgan fingerprint density at radius 3 is 2.25 bits per heavy atom. The number of nitrogens with zero attached hydrogens (tertiary/aromatic N) is 3. The molecular formula is C19H37IKN4O2V-. The number of carbonyl (C=O) groups is 1. The Morgan fingerprint density at radius 1 is 0.964 bits per heavy atom. The number of nitrogens with two attached hydrogens (primary N) is 1. The second-order valence-corrected chi connectivity index (χ2v) is 6.78. The van der Waals surface area contributed by atoms with Crippen LogP contribution in [0.2, 0.25) is 0 Å². The first-order valence-electron chi connectivity index (χ1n) is 9.84. The molecule has 0 aromatic rings. The average Bonchev–Trinajstić information content (AvgIpc) is 3.02. The Balaban J connectivity index is -0.000000374. The molecule has 3 aliphatic heterocycles. The Labute approximate surface area is 240 Å². The summed E-state index contributed by atoms with van der Waals surface area (Å²) in [5, 5.41) is 0. The van der Waals surface area contributed by atoms with Gasteiger partial charge in [-0.25, -0.2) is 0 Å². The molecular weight excluding hydrogens is 533 g/mol. The van der Waals surface area contributed by atoms with Crippen molar-refractivity contribution in [3.05, 3.63) is 4.93 Å². The number of halogens is 1. The van der Waals surface area contributed by atoms with E-state index in [-0.39, 0.29) is 75.4 Å². The van der Waals surface area contributed by atoms with Gasteiger partial charge in [-0.2, -0.15) is 0 Å². The number of hydrogen-bond donors (Lipinski definition) is 1. The van der Waals surface area contributed by atoms with E-state index in [0.717, 1.165) is 45.3 Å². The molecule has 0 atom stereocenters. The van der Waals surface area contributed by atoms with Crippen molar-refractivity contribution in [1.29, 1.82) is 0 Å². The van der Waals surface area contributed by atoms with Crippen LogP contribution in [0.25, 0.3) is 0 Å². The molecule has 3 rings (SSSR count). The van der Waals surface area contributed by atoms with E-state index in [1.165, 1.54) is 57.5 Å². The summed E-state index contributed by atoms with van der Waals surface area (Å²) in [5.74, 6) is 1.72. The molecule has 28 heavy (non-hydrogen) atoms. The van der Waals surface area contributed by atoms with E-state index in [9.17, 15) is 4.79 Å². The molecule has 1 radical (unpaired) electrons. The van der Waals surface area contributed by atoms with Crippen molar-refractivity contribution in [2.24, 2.45) is 10.7 Å². The molecule has 6 nitrogen and oxygen atoms in total. The SMILES string of the molecule is C1CCC2=NCCCN2CC1.NCCCN1CCCCCC1=O.[CH2-]I.[K+].[OH-].[V]. The third-order valence-electron chi connectivity index (χ3n) is 4.88. The van der Waals surface area contributed by atoms with Crippen LogP contribution in [-0.4, -0.2) is 66.3 Å². The van der Waals surface area contributed by atoms with Gasteiger partial charge in [0, 0.05) is 64.1 Å². The van der Waals surface area contributed by atoms with Crippen LogP contribution >= 0.6 is 22.6 Å². The van der Waals surface area contributed by atoms with E-state index in [1.807, 2.05) is 27.5 Å². The first kappa shape index (κ1) is 34.4. The van der Waals surface area contributed by atoms with Gasteiger partial charge in [0.1, 0.15) is 0 Å². The van der Waals surface area contributed by atoms with Gasteiger partial charge in [-0.1, -0.05) is 12.8 Å². The molecule has 0 unspecified atom stereocenters. The van der Waals surface area contributed by atoms with Gasteiger partial charge in [-0.15, -0.1) is 0 Å². The second kappa shape index (κ2) is 23.5. The summed E-state index contributed by atoms with van der Waals surface area (Å²) in [5.41, 5.74) is 5.39. The zero-order valence-electron chi connectivity index (χ0n) is 17.6. The minimum absolute atomic E-state index is 0. The van der Waals surface area contributed by atoms with Gasteiger partial charge in [-0.05, 0) is 45.1 Å². The summed E-state index contributed by atoms with van der Waals surface area (Å²) in [6, 6.07) is 0. The molecule has 0 saturated carbocycles. The minimum Gasteiger partial charge on any atom is -0.870 e. The fourth-order valence-electron chi connectivity index (χ4n) is 3.50. The number of rotatable bonds is 3. The van der Waals surface area contributed by atoms with Crippen LogP contribution < -0.4 is 57.1 Å². The maximum Gasteiger partial charge on any atom is 1.00 e. The van der Waals surface area contributed by atoms with Crippen LogP contribution in [0, 0.1) is 4.93 Å². The smallest absolute Gasteiger partial charge is 0.870 e. The molecule has 159 valence electrons. The van der Waals surface area contributed by atoms with Crippen molar-refractivity contribution in [3.63, 3.8) is 0 Å². The number of likely N-dealkylation sites (tertiary alicyclic amines) is 1. The van der Waals surface area contributed by atoms with Crippen molar-refractivity contribution in [1.82, 2.24) is 9.80 Å². The van der Waals surface area contributed by atoms with Gasteiger partial charge in [0.25, 0.3) is 0 Å². The third kappa shape index (κ3) is 14.8. The zero-order valence-corrected chi connectivity index (χ0v) is 24.3. The molecule has 3 aliphatic rings. The van der Waals surface area contributed by atoms with Crippen molar-refractivity contribution < 1.29 is 80.2 Å². The van der Waals surface area contributed by atoms with Crippen molar-refractivity contribution in [3.8, 4) is 0 Å². The van der Waals surface area contributed by atoms with E-state index in [2.05, 4.69) is 14.8 Å². The molecule has 0 bridgehead atoms. The molecule has 0 aromatic heterocycles. The maximum absolute atomic E-state index is 11.4. The molecule has 2 fully saturated rings. The summed E-state index contributed by atoms with van der Waals surface area (Å²) in [6.45, 7) is 6.08. The summed E-state index contributed by atoms with van der Waals surface area (Å²) in [4.78, 5) is 23.6. The van der Waals surface area contributed by atoms with Crippen LogP contribution in [0.15, 0.2) is 4.99 Å². The predicted molar refractivity (Wildman–Crippen MR) is 117 cm³/mol. The van der Waals surface area contributed by atoms with Crippen molar-refractivity contribution in [2.75, 3.05) is 39.3 Å². The Morgan fingerprint density at radius 2 is 1.57 bits per heavy atom. The van der Waals surface area contributed by atoms with Crippen molar-refractivity contribution in [2.45, 2.75) is 64.2 Å². The average molecular weight is 570 g/mol. The molecule has 0 aromatic carbocycles. The first-order valence-corrected chi connectivity index (χ1v) is 11.4. The molecule has 9 heteroatoms. The number of amidine groups is 1. The van der Waals surface area contributed by atoms with E-state index in [1.54, 1.807) is 0 Å². The maximum atomic E-state index is 11.4. The number of hydrogen-bond acceptors (Lipinski definition) is 5. The predicted octanol–water partition coefficient (Wildman–Crippen LogP) is 0.440. The standard InChI is InChI=1S/C9H18N2O.C9H16N2.CH2I.K.H2O.V/c10-6-4-8-11-7-3-1-2-5-9(11)12;1-2-5-9-10-6-4-8-11(9)7-3-1;1-2;;;/h1-8,10H2;1-8H2;1H2;;1H2;/q;;-1;+1;;/p-1. The van der Waals surface area contributed by atoms with E-state index < -0.39 is 0 Å². The molecule has 0 spiro atoms. The number of aliphatic imine (C=N–C) groups is 1. The summed E-state index contributed by atoms with van der Waals surface area (Å²) in [6.07, 6.45) is 11.7. The Hall–Kier alpha value is 1.81. The van der Waals surface area contributed by atoms with Gasteiger partial charge in [0.05, 0.1) is 5.84 Å². The van der Waals surface area contributed by atoms with Crippen LogP contribution in [0.3, 0.4) is 0 Å². The quantitative estimate of drug-likeness (QED) is 0.303. The van der Waals surface area contributed by atoms with Gasteiger partial charge in [0.15, 0.2) is 0 Å². The minimum atomic E-state index is 0. The van der Waals surface area contributed by atoms with Gasteiger partial charge < -0.3 is 43.6 Å². The molecule has 0 aliphatic carbocycles. The largest absolute Gasteiger partial charge is 1.00 e. The third-order valence-corrected chi connectivity index (χ3v) is 4.88. The number of carbonyl (C=O) groups excluding carboxylic acids is 1. The van der Waals surface area contributed by atoms with Gasteiger partial charge in [0.2, 0.25) is 5.91 Å². The zero-order chi connectivity index (χ0) is 18.3. The fourth-order valence-corrected chi connectivity index (χ4v) is 3.50.